The fourth-order valence-corrected chi connectivity index (χ4v) is 2.09. The maximum absolute atomic E-state index is 14.0. The van der Waals surface area contributed by atoms with Gasteiger partial charge in [-0.05, 0) is 6.07 Å². The van der Waals surface area contributed by atoms with Gasteiger partial charge in [-0.15, -0.1) is 12.4 Å². The van der Waals surface area contributed by atoms with Crippen LogP contribution in [0.5, 0.6) is 11.5 Å². The SMILES string of the molecule is COc1cc([C@@H]2NC(=O)OCC2(F)F)c([N+](=O)[O-])cc1OC.Cl. The van der Waals surface area contributed by atoms with Gasteiger partial charge in [0.2, 0.25) is 0 Å². The predicted octanol–water partition coefficient (Wildman–Crippen LogP) is 2.45. The molecule has 1 amide bonds. The van der Waals surface area contributed by atoms with Crippen molar-refractivity contribution < 1.29 is 32.7 Å². The zero-order chi connectivity index (χ0) is 16.5. The number of ether oxygens (including phenoxy) is 3. The van der Waals surface area contributed by atoms with E-state index >= 15 is 0 Å². The van der Waals surface area contributed by atoms with Crippen molar-refractivity contribution in [2.45, 2.75) is 12.0 Å². The van der Waals surface area contributed by atoms with Gasteiger partial charge < -0.3 is 19.5 Å². The normalized spacial score (nSPS) is 19.0. The second kappa shape index (κ2) is 6.82. The number of hydrogen-bond acceptors (Lipinski definition) is 6. The first-order valence-electron chi connectivity index (χ1n) is 6.01. The number of carbonyl (C=O) groups is 1. The summed E-state index contributed by atoms with van der Waals surface area (Å²) in [6, 6.07) is 0.0986. The minimum absolute atomic E-state index is 0. The highest BCUT2D eigenvalue weighted by Crippen LogP contribution is 2.43. The number of hydrogen-bond donors (Lipinski definition) is 1. The van der Waals surface area contributed by atoms with Crippen LogP contribution in [0.3, 0.4) is 0 Å². The van der Waals surface area contributed by atoms with Gasteiger partial charge in [0.25, 0.3) is 5.69 Å². The van der Waals surface area contributed by atoms with Gasteiger partial charge in [0.05, 0.1) is 30.8 Å². The lowest BCUT2D eigenvalue weighted by atomic mass is 9.97. The van der Waals surface area contributed by atoms with E-state index in [2.05, 4.69) is 4.74 Å². The molecule has 0 saturated carbocycles. The van der Waals surface area contributed by atoms with Crippen molar-refractivity contribution in [2.24, 2.45) is 0 Å². The Morgan fingerprint density at radius 2 is 1.91 bits per heavy atom. The molecule has 1 aliphatic rings. The number of carbonyl (C=O) groups excluding carboxylic acids is 1. The van der Waals surface area contributed by atoms with E-state index < -0.39 is 40.8 Å². The Balaban J connectivity index is 0.00000264. The molecule has 0 spiro atoms. The van der Waals surface area contributed by atoms with Gasteiger partial charge in [-0.25, -0.2) is 13.6 Å². The Morgan fingerprint density at radius 3 is 2.43 bits per heavy atom. The summed E-state index contributed by atoms with van der Waals surface area (Å²) >= 11 is 0. The summed E-state index contributed by atoms with van der Waals surface area (Å²) in [4.78, 5) is 21.5. The number of halogens is 3. The molecule has 1 saturated heterocycles. The van der Waals surface area contributed by atoms with Crippen LogP contribution >= 0.6 is 12.4 Å². The van der Waals surface area contributed by atoms with Crippen LogP contribution in [0, 0.1) is 10.1 Å². The number of nitrogens with zero attached hydrogens (tertiary/aromatic N) is 1. The third kappa shape index (κ3) is 3.52. The van der Waals surface area contributed by atoms with E-state index in [4.69, 9.17) is 9.47 Å². The Morgan fingerprint density at radius 1 is 1.35 bits per heavy atom. The van der Waals surface area contributed by atoms with E-state index in [0.29, 0.717) is 0 Å². The van der Waals surface area contributed by atoms with Crippen molar-refractivity contribution in [3.8, 4) is 11.5 Å². The molecule has 1 fully saturated rings. The number of alkyl carbamates (subject to hydrolysis) is 1. The second-order valence-corrected chi connectivity index (χ2v) is 4.44. The van der Waals surface area contributed by atoms with Gasteiger partial charge in [-0.1, -0.05) is 0 Å². The molecule has 1 N–H and O–H groups in total. The van der Waals surface area contributed by atoms with E-state index in [1.165, 1.54) is 14.2 Å². The van der Waals surface area contributed by atoms with Crippen LogP contribution in [-0.4, -0.2) is 37.8 Å². The lowest BCUT2D eigenvalue weighted by molar-refractivity contribution is -0.386. The minimum Gasteiger partial charge on any atom is -0.493 e. The monoisotopic (exact) mass is 354 g/mol. The van der Waals surface area contributed by atoms with Crippen LogP contribution in [0.25, 0.3) is 0 Å². The molecule has 2 rings (SSSR count). The average Bonchev–Trinajstić information content (AvgIpc) is 2.48. The number of nitro groups is 1. The van der Waals surface area contributed by atoms with Crippen LogP contribution < -0.4 is 14.8 Å². The predicted molar refractivity (Wildman–Crippen MR) is 75.6 cm³/mol. The quantitative estimate of drug-likeness (QED) is 0.658. The van der Waals surface area contributed by atoms with Crippen LogP contribution in [0.2, 0.25) is 0 Å². The lowest BCUT2D eigenvalue weighted by Gasteiger charge is -2.31. The van der Waals surface area contributed by atoms with E-state index in [1.807, 2.05) is 5.32 Å². The number of benzene rings is 1. The molecule has 128 valence electrons. The van der Waals surface area contributed by atoms with Crippen molar-refractivity contribution in [3.05, 3.63) is 27.8 Å². The highest BCUT2D eigenvalue weighted by Gasteiger charge is 2.49. The zero-order valence-electron chi connectivity index (χ0n) is 12.0. The van der Waals surface area contributed by atoms with Gasteiger partial charge in [0.1, 0.15) is 6.04 Å². The third-order valence-corrected chi connectivity index (χ3v) is 3.12. The molecule has 0 aliphatic carbocycles. The molecule has 23 heavy (non-hydrogen) atoms. The molecule has 8 nitrogen and oxygen atoms in total. The Hall–Kier alpha value is -2.36. The summed E-state index contributed by atoms with van der Waals surface area (Å²) in [7, 11) is 2.51. The fourth-order valence-electron chi connectivity index (χ4n) is 2.09. The summed E-state index contributed by atoms with van der Waals surface area (Å²) in [5.41, 5.74) is -1.02. The highest BCUT2D eigenvalue weighted by molar-refractivity contribution is 5.85. The Labute approximate surface area is 135 Å². The third-order valence-electron chi connectivity index (χ3n) is 3.12. The molecule has 11 heteroatoms. The molecule has 0 bridgehead atoms. The van der Waals surface area contributed by atoms with Crippen LogP contribution in [0.1, 0.15) is 11.6 Å². The number of nitrogens with one attached hydrogen (secondary N) is 1. The largest absolute Gasteiger partial charge is 0.493 e. The first-order chi connectivity index (χ1) is 10.3. The molecule has 1 aromatic carbocycles. The number of cyclic esters (lactones) is 1. The number of amides is 1. The minimum atomic E-state index is -3.52. The molecule has 0 aromatic heterocycles. The topological polar surface area (TPSA) is 99.9 Å². The smallest absolute Gasteiger partial charge is 0.408 e. The van der Waals surface area contributed by atoms with Crippen molar-refractivity contribution in [1.29, 1.82) is 0 Å². The highest BCUT2D eigenvalue weighted by atomic mass is 35.5. The Kier molecular flexibility index (Phi) is 5.54. The van der Waals surface area contributed by atoms with Crippen LogP contribution in [-0.2, 0) is 4.74 Å². The number of rotatable bonds is 4. The summed E-state index contributed by atoms with van der Waals surface area (Å²) in [6.45, 7) is -1.17. The molecule has 0 unspecified atom stereocenters. The summed E-state index contributed by atoms with van der Waals surface area (Å²) < 4.78 is 42.0. The maximum atomic E-state index is 14.0. The van der Waals surface area contributed by atoms with Gasteiger partial charge in [0.15, 0.2) is 18.1 Å². The molecule has 1 aliphatic heterocycles. The van der Waals surface area contributed by atoms with E-state index in [1.54, 1.807) is 0 Å². The fraction of sp³-hybridized carbons (Fsp3) is 0.417. The number of nitro benzene ring substituents is 1. The molecule has 1 aromatic rings. The molecule has 1 heterocycles. The van der Waals surface area contributed by atoms with Crippen molar-refractivity contribution in [2.75, 3.05) is 20.8 Å². The van der Waals surface area contributed by atoms with Crippen LogP contribution in [0.15, 0.2) is 12.1 Å². The zero-order valence-corrected chi connectivity index (χ0v) is 12.8. The van der Waals surface area contributed by atoms with Crippen molar-refractivity contribution in [3.63, 3.8) is 0 Å². The first kappa shape index (κ1) is 18.7. The summed E-state index contributed by atoms with van der Waals surface area (Å²) in [5, 5.41) is 13.0. The van der Waals surface area contributed by atoms with Crippen molar-refractivity contribution in [1.82, 2.24) is 5.32 Å². The number of methoxy groups -OCH3 is 2. The van der Waals surface area contributed by atoms with Gasteiger partial charge in [0, 0.05) is 0 Å². The van der Waals surface area contributed by atoms with Gasteiger partial charge >= 0.3 is 12.0 Å². The van der Waals surface area contributed by atoms with Gasteiger partial charge in [-0.3, -0.25) is 10.1 Å². The molecular weight excluding hydrogens is 342 g/mol. The van der Waals surface area contributed by atoms with E-state index in [-0.39, 0.29) is 23.9 Å². The van der Waals surface area contributed by atoms with E-state index in [0.717, 1.165) is 12.1 Å². The Bertz CT molecular complexity index is 628. The van der Waals surface area contributed by atoms with E-state index in [9.17, 15) is 23.7 Å². The average molecular weight is 355 g/mol. The van der Waals surface area contributed by atoms with Crippen molar-refractivity contribution >= 4 is 24.2 Å². The lowest BCUT2D eigenvalue weighted by Crippen LogP contribution is -2.49. The summed E-state index contributed by atoms with van der Waals surface area (Å²) in [6.07, 6.45) is -1.08. The first-order valence-corrected chi connectivity index (χ1v) is 6.01. The van der Waals surface area contributed by atoms with Gasteiger partial charge in [-0.2, -0.15) is 0 Å². The molecule has 0 radical (unpaired) electrons. The molecular formula is C12H13ClF2N2O6. The van der Waals surface area contributed by atoms with Crippen LogP contribution in [0.4, 0.5) is 19.3 Å². The summed E-state index contributed by atoms with van der Waals surface area (Å²) in [5.74, 6) is -3.47. The standard InChI is InChI=1S/C12H12F2N2O6.ClH/c1-20-8-3-6(7(16(18)19)4-9(8)21-2)10-12(13,14)5-22-11(17)15-10;/h3-4,10H,5H2,1-2H3,(H,15,17);1H/t10-;/m0./s1. The maximum Gasteiger partial charge on any atom is 0.408 e. The molecule has 1 atom stereocenters. The number of alkyl halides is 2. The second-order valence-electron chi connectivity index (χ2n) is 4.44.